The van der Waals surface area contributed by atoms with Crippen LogP contribution in [0.25, 0.3) is 5.69 Å². The second-order valence-corrected chi connectivity index (χ2v) is 6.29. The van der Waals surface area contributed by atoms with E-state index < -0.39 is 0 Å². The summed E-state index contributed by atoms with van der Waals surface area (Å²) in [6.45, 7) is 2.55. The molecular weight excluding hydrogens is 344 g/mol. The lowest BCUT2D eigenvalue weighted by Crippen LogP contribution is -2.36. The summed E-state index contributed by atoms with van der Waals surface area (Å²) in [4.78, 5) is 12.2. The van der Waals surface area contributed by atoms with Crippen molar-refractivity contribution in [3.63, 3.8) is 0 Å². The van der Waals surface area contributed by atoms with Crippen LogP contribution >= 0.6 is 0 Å². The number of para-hydroxylation sites is 1. The summed E-state index contributed by atoms with van der Waals surface area (Å²) >= 11 is 0. The molecule has 1 unspecified atom stereocenters. The molecule has 7 heteroatoms. The molecule has 0 aliphatic carbocycles. The molecular formula is C20H20N4O3. The fraction of sp³-hybridized carbons (Fsp3) is 0.200. The molecule has 2 aromatic carbocycles. The van der Waals surface area contributed by atoms with E-state index in [4.69, 9.17) is 9.47 Å². The second kappa shape index (κ2) is 7.41. The topological polar surface area (TPSA) is 77.4 Å². The number of hydrogen-bond donors (Lipinski definition) is 2. The lowest BCUT2D eigenvalue weighted by molar-refractivity contribution is 0.174. The van der Waals surface area contributed by atoms with Crippen LogP contribution in [0.1, 0.15) is 24.1 Å². The van der Waals surface area contributed by atoms with Crippen molar-refractivity contribution in [2.24, 2.45) is 0 Å². The Labute approximate surface area is 156 Å². The van der Waals surface area contributed by atoms with Crippen LogP contribution in [0, 0.1) is 0 Å². The van der Waals surface area contributed by atoms with Crippen molar-refractivity contribution in [1.29, 1.82) is 0 Å². The van der Waals surface area contributed by atoms with E-state index in [1.54, 1.807) is 10.9 Å². The number of aromatic nitrogens is 2. The maximum Gasteiger partial charge on any atom is 0.315 e. The summed E-state index contributed by atoms with van der Waals surface area (Å²) in [7, 11) is 0. The van der Waals surface area contributed by atoms with Gasteiger partial charge in [0.25, 0.3) is 0 Å². The number of amides is 2. The highest BCUT2D eigenvalue weighted by molar-refractivity contribution is 5.74. The largest absolute Gasteiger partial charge is 0.454 e. The quantitative estimate of drug-likeness (QED) is 0.729. The molecule has 0 saturated heterocycles. The molecule has 1 aromatic heterocycles. The molecule has 1 aliphatic rings. The van der Waals surface area contributed by atoms with Gasteiger partial charge in [-0.05, 0) is 36.8 Å². The molecule has 0 saturated carbocycles. The molecule has 2 heterocycles. The van der Waals surface area contributed by atoms with E-state index in [1.807, 2.05) is 61.7 Å². The molecule has 0 radical (unpaired) electrons. The summed E-state index contributed by atoms with van der Waals surface area (Å²) in [6.07, 6.45) is 3.64. The normalized spacial score (nSPS) is 13.2. The van der Waals surface area contributed by atoms with E-state index in [2.05, 4.69) is 15.7 Å². The number of carbonyl (C=O) groups is 1. The summed E-state index contributed by atoms with van der Waals surface area (Å²) in [6, 6.07) is 15.1. The number of urea groups is 1. The Hall–Kier alpha value is -3.48. The number of hydrogen-bond acceptors (Lipinski definition) is 4. The zero-order valence-electron chi connectivity index (χ0n) is 14.9. The smallest absolute Gasteiger partial charge is 0.315 e. The molecule has 1 aliphatic heterocycles. The Morgan fingerprint density at radius 2 is 2.00 bits per heavy atom. The lowest BCUT2D eigenvalue weighted by atomic mass is 10.1. The van der Waals surface area contributed by atoms with E-state index in [9.17, 15) is 4.79 Å². The lowest BCUT2D eigenvalue weighted by Gasteiger charge is -2.15. The molecule has 0 fully saturated rings. The maximum atomic E-state index is 12.2. The van der Waals surface area contributed by atoms with Crippen molar-refractivity contribution < 1.29 is 14.3 Å². The highest BCUT2D eigenvalue weighted by Gasteiger charge is 2.16. The molecule has 7 nitrogen and oxygen atoms in total. The third kappa shape index (κ3) is 3.87. The van der Waals surface area contributed by atoms with Gasteiger partial charge in [-0.3, -0.25) is 0 Å². The van der Waals surface area contributed by atoms with Gasteiger partial charge in [0, 0.05) is 18.3 Å². The number of nitrogens with one attached hydrogen (secondary N) is 2. The molecule has 138 valence electrons. The molecule has 0 bridgehead atoms. The van der Waals surface area contributed by atoms with Crippen molar-refractivity contribution >= 4 is 6.03 Å². The first-order chi connectivity index (χ1) is 13.2. The van der Waals surface area contributed by atoms with Gasteiger partial charge >= 0.3 is 6.03 Å². The fourth-order valence-corrected chi connectivity index (χ4v) is 2.87. The molecule has 1 atom stereocenters. The van der Waals surface area contributed by atoms with E-state index in [1.165, 1.54) is 0 Å². The van der Waals surface area contributed by atoms with E-state index in [0.29, 0.717) is 12.3 Å². The predicted octanol–water partition coefficient (Wildman–Crippen LogP) is 3.16. The Kier molecular flexibility index (Phi) is 4.65. The number of nitrogens with zero attached hydrogens (tertiary/aromatic N) is 2. The van der Waals surface area contributed by atoms with Gasteiger partial charge in [-0.2, -0.15) is 5.10 Å². The van der Waals surface area contributed by atoms with Gasteiger partial charge in [0.2, 0.25) is 6.79 Å². The van der Waals surface area contributed by atoms with Gasteiger partial charge in [0.05, 0.1) is 17.9 Å². The van der Waals surface area contributed by atoms with E-state index in [0.717, 1.165) is 22.6 Å². The van der Waals surface area contributed by atoms with Crippen LogP contribution in [0.15, 0.2) is 60.9 Å². The Bertz CT molecular complexity index is 939. The number of carbonyl (C=O) groups excluding carboxylic acids is 1. The SMILES string of the molecule is CC(NC(=O)NCc1cnn(-c2ccccc2)c1)c1ccc2c(c1)OCO2. The van der Waals surface area contributed by atoms with Crippen molar-refractivity contribution in [1.82, 2.24) is 20.4 Å². The first kappa shape index (κ1) is 17.0. The number of benzene rings is 2. The Balaban J connectivity index is 1.31. The average Bonchev–Trinajstić information content (AvgIpc) is 3.36. The Morgan fingerprint density at radius 1 is 1.19 bits per heavy atom. The zero-order chi connectivity index (χ0) is 18.6. The number of rotatable bonds is 5. The highest BCUT2D eigenvalue weighted by Crippen LogP contribution is 2.34. The van der Waals surface area contributed by atoms with Crippen LogP contribution in [-0.2, 0) is 6.54 Å². The summed E-state index contributed by atoms with van der Waals surface area (Å²) < 4.78 is 12.5. The first-order valence-electron chi connectivity index (χ1n) is 8.72. The van der Waals surface area contributed by atoms with Crippen LogP contribution in [0.3, 0.4) is 0 Å². The van der Waals surface area contributed by atoms with E-state index >= 15 is 0 Å². The van der Waals surface area contributed by atoms with Crippen LogP contribution < -0.4 is 20.1 Å². The minimum absolute atomic E-state index is 0.161. The van der Waals surface area contributed by atoms with Crippen molar-refractivity contribution in [3.8, 4) is 17.2 Å². The number of ether oxygens (including phenoxy) is 2. The van der Waals surface area contributed by atoms with Gasteiger partial charge in [0.1, 0.15) is 0 Å². The first-order valence-corrected chi connectivity index (χ1v) is 8.72. The van der Waals surface area contributed by atoms with Gasteiger partial charge < -0.3 is 20.1 Å². The average molecular weight is 364 g/mol. The fourth-order valence-electron chi connectivity index (χ4n) is 2.87. The molecule has 27 heavy (non-hydrogen) atoms. The van der Waals surface area contributed by atoms with Crippen LogP contribution in [-0.4, -0.2) is 22.6 Å². The van der Waals surface area contributed by atoms with Crippen molar-refractivity contribution in [2.75, 3.05) is 6.79 Å². The second-order valence-electron chi connectivity index (χ2n) is 6.29. The molecule has 0 spiro atoms. The minimum atomic E-state index is -0.243. The van der Waals surface area contributed by atoms with Gasteiger partial charge in [-0.15, -0.1) is 0 Å². The Morgan fingerprint density at radius 3 is 2.85 bits per heavy atom. The van der Waals surface area contributed by atoms with Gasteiger partial charge in [-0.1, -0.05) is 24.3 Å². The zero-order valence-corrected chi connectivity index (χ0v) is 14.9. The minimum Gasteiger partial charge on any atom is -0.454 e. The predicted molar refractivity (Wildman–Crippen MR) is 99.9 cm³/mol. The standard InChI is InChI=1S/C20H20N4O3/c1-14(16-7-8-18-19(9-16)27-13-26-18)23-20(25)21-10-15-11-22-24(12-15)17-5-3-2-4-6-17/h2-9,11-12,14H,10,13H2,1H3,(H2,21,23,25). The van der Waals surface area contributed by atoms with E-state index in [-0.39, 0.29) is 18.9 Å². The number of fused-ring (bicyclic) bond motifs is 1. The monoisotopic (exact) mass is 364 g/mol. The maximum absolute atomic E-state index is 12.2. The van der Waals surface area contributed by atoms with Gasteiger partial charge in [0.15, 0.2) is 11.5 Å². The summed E-state index contributed by atoms with van der Waals surface area (Å²) in [5, 5.41) is 10.1. The van der Waals surface area contributed by atoms with Crippen LogP contribution in [0.4, 0.5) is 4.79 Å². The molecule has 3 aromatic rings. The van der Waals surface area contributed by atoms with Crippen molar-refractivity contribution in [3.05, 3.63) is 72.1 Å². The third-order valence-electron chi connectivity index (χ3n) is 4.35. The molecule has 2 N–H and O–H groups in total. The van der Waals surface area contributed by atoms with Gasteiger partial charge in [-0.25, -0.2) is 9.48 Å². The van der Waals surface area contributed by atoms with Crippen LogP contribution in [0.5, 0.6) is 11.5 Å². The molecule has 2 amide bonds. The highest BCUT2D eigenvalue weighted by atomic mass is 16.7. The molecule has 4 rings (SSSR count). The van der Waals surface area contributed by atoms with Crippen LogP contribution in [0.2, 0.25) is 0 Å². The van der Waals surface area contributed by atoms with Crippen molar-refractivity contribution in [2.45, 2.75) is 19.5 Å². The third-order valence-corrected chi connectivity index (χ3v) is 4.35. The summed E-state index contributed by atoms with van der Waals surface area (Å²) in [5.41, 5.74) is 2.85. The summed E-state index contributed by atoms with van der Waals surface area (Å²) in [5.74, 6) is 1.43.